The number of carbonyl (C=O) groups excluding carboxylic acids is 2. The van der Waals surface area contributed by atoms with Gasteiger partial charge in [-0.05, 0) is 49.7 Å². The number of esters is 1. The number of nitrogens with zero attached hydrogens (tertiary/aromatic N) is 2. The van der Waals surface area contributed by atoms with Crippen LogP contribution in [-0.4, -0.2) is 28.7 Å². The Labute approximate surface area is 202 Å². The maximum atomic E-state index is 13.6. The molecule has 0 fully saturated rings. The van der Waals surface area contributed by atoms with Crippen LogP contribution in [0, 0.1) is 6.92 Å². The smallest absolute Gasteiger partial charge is 0.338 e. The molecular weight excluding hydrogens is 450 g/mol. The molecule has 4 aromatic rings. The summed E-state index contributed by atoms with van der Waals surface area (Å²) in [6, 6.07) is 21.9. The number of aromatic amines is 1. The highest BCUT2D eigenvalue weighted by molar-refractivity contribution is 6.31. The Morgan fingerprint density at radius 3 is 2.44 bits per heavy atom. The summed E-state index contributed by atoms with van der Waals surface area (Å²) in [4.78, 5) is 27.4. The summed E-state index contributed by atoms with van der Waals surface area (Å²) in [7, 11) is 0. The third-order valence-electron chi connectivity index (χ3n) is 5.95. The lowest BCUT2D eigenvalue weighted by molar-refractivity contribution is 0.0526. The Hall–Kier alpha value is -3.90. The van der Waals surface area contributed by atoms with E-state index in [0.717, 1.165) is 22.3 Å². The standard InChI is InChI=1S/C27H22ClN3O3/c1-3-34-27(33)18-12-14-19(15-13-18)31-25(20-6-4-5-7-21(20)28)22-23(29-30-24(22)26(31)32)17-10-8-16(2)9-11-17/h4-15,25H,3H2,1-2H3,(H,29,30)/t25-/m0/s1. The molecule has 0 unspecified atom stereocenters. The van der Waals surface area contributed by atoms with E-state index in [0.29, 0.717) is 34.3 Å². The summed E-state index contributed by atoms with van der Waals surface area (Å²) in [6.45, 7) is 4.08. The van der Waals surface area contributed by atoms with E-state index >= 15 is 0 Å². The third-order valence-corrected chi connectivity index (χ3v) is 6.29. The molecule has 2 heterocycles. The van der Waals surface area contributed by atoms with Crippen LogP contribution < -0.4 is 4.90 Å². The Morgan fingerprint density at radius 2 is 1.76 bits per heavy atom. The van der Waals surface area contributed by atoms with Gasteiger partial charge in [-0.15, -0.1) is 0 Å². The molecule has 1 N–H and O–H groups in total. The zero-order valence-electron chi connectivity index (χ0n) is 18.7. The molecule has 6 nitrogen and oxygen atoms in total. The summed E-state index contributed by atoms with van der Waals surface area (Å²) in [5, 5.41) is 8.01. The molecule has 0 spiro atoms. The first-order valence-corrected chi connectivity index (χ1v) is 11.4. The third kappa shape index (κ3) is 3.66. The van der Waals surface area contributed by atoms with Crippen molar-refractivity contribution < 1.29 is 14.3 Å². The van der Waals surface area contributed by atoms with Crippen LogP contribution in [0.4, 0.5) is 5.69 Å². The first-order valence-electron chi connectivity index (χ1n) is 11.0. The van der Waals surface area contributed by atoms with Crippen molar-refractivity contribution in [3.63, 3.8) is 0 Å². The maximum absolute atomic E-state index is 13.6. The fourth-order valence-corrected chi connectivity index (χ4v) is 4.55. The minimum absolute atomic E-state index is 0.213. The molecule has 0 saturated carbocycles. The number of rotatable bonds is 5. The van der Waals surface area contributed by atoms with Crippen molar-refractivity contribution in [3.8, 4) is 11.3 Å². The van der Waals surface area contributed by atoms with Crippen LogP contribution in [-0.2, 0) is 4.74 Å². The summed E-state index contributed by atoms with van der Waals surface area (Å²) >= 11 is 6.63. The topological polar surface area (TPSA) is 75.3 Å². The van der Waals surface area contributed by atoms with Gasteiger partial charge in [-0.1, -0.05) is 59.6 Å². The van der Waals surface area contributed by atoms with Gasteiger partial charge in [0.05, 0.1) is 23.9 Å². The molecule has 0 aliphatic carbocycles. The van der Waals surface area contributed by atoms with Crippen molar-refractivity contribution >= 4 is 29.2 Å². The summed E-state index contributed by atoms with van der Waals surface area (Å²) in [6.07, 6.45) is 0. The highest BCUT2D eigenvalue weighted by Gasteiger charge is 2.43. The second-order valence-corrected chi connectivity index (χ2v) is 8.50. The van der Waals surface area contributed by atoms with E-state index in [1.54, 1.807) is 36.1 Å². The number of hydrogen-bond acceptors (Lipinski definition) is 4. The minimum Gasteiger partial charge on any atom is -0.462 e. The predicted octanol–water partition coefficient (Wildman–Crippen LogP) is 5.97. The molecule has 5 rings (SSSR count). The molecule has 0 bridgehead atoms. The van der Waals surface area contributed by atoms with Gasteiger partial charge in [0.2, 0.25) is 0 Å². The van der Waals surface area contributed by atoms with Crippen LogP contribution in [0.1, 0.15) is 50.5 Å². The predicted molar refractivity (Wildman–Crippen MR) is 131 cm³/mol. The van der Waals surface area contributed by atoms with Gasteiger partial charge in [-0.25, -0.2) is 4.79 Å². The van der Waals surface area contributed by atoms with E-state index in [1.165, 1.54) is 0 Å². The number of fused-ring (bicyclic) bond motifs is 1. The van der Waals surface area contributed by atoms with Crippen molar-refractivity contribution in [1.82, 2.24) is 10.2 Å². The molecule has 1 amide bonds. The van der Waals surface area contributed by atoms with Crippen LogP contribution in [0.15, 0.2) is 72.8 Å². The molecule has 1 aliphatic rings. The second-order valence-electron chi connectivity index (χ2n) is 8.09. The number of anilines is 1. The Bertz CT molecular complexity index is 1380. The molecule has 0 radical (unpaired) electrons. The lowest BCUT2D eigenvalue weighted by Gasteiger charge is -2.27. The number of halogens is 1. The first kappa shape index (κ1) is 21.9. The van der Waals surface area contributed by atoms with Crippen molar-refractivity contribution in [2.24, 2.45) is 0 Å². The lowest BCUT2D eigenvalue weighted by Crippen LogP contribution is -2.29. The van der Waals surface area contributed by atoms with Crippen LogP contribution in [0.3, 0.4) is 0 Å². The summed E-state index contributed by atoms with van der Waals surface area (Å²) in [5.74, 6) is -0.616. The highest BCUT2D eigenvalue weighted by atomic mass is 35.5. The van der Waals surface area contributed by atoms with Crippen molar-refractivity contribution in [1.29, 1.82) is 0 Å². The Kier molecular flexibility index (Phi) is 5.67. The number of amides is 1. The zero-order chi connectivity index (χ0) is 23.8. The number of H-pyrrole nitrogens is 1. The SMILES string of the molecule is CCOC(=O)c1ccc(N2C(=O)c3[nH]nc(-c4ccc(C)cc4)c3[C@@H]2c2ccccc2Cl)cc1. The molecule has 1 atom stereocenters. The number of hydrogen-bond donors (Lipinski definition) is 1. The van der Waals surface area contributed by atoms with Gasteiger partial charge in [0.25, 0.3) is 5.91 Å². The average Bonchev–Trinajstić information content (AvgIpc) is 3.39. The molecule has 3 aromatic carbocycles. The number of ether oxygens (including phenoxy) is 1. The van der Waals surface area contributed by atoms with Gasteiger partial charge in [-0.3, -0.25) is 14.8 Å². The van der Waals surface area contributed by atoms with Gasteiger partial charge in [0.1, 0.15) is 5.69 Å². The first-order chi connectivity index (χ1) is 16.5. The zero-order valence-corrected chi connectivity index (χ0v) is 19.5. The van der Waals surface area contributed by atoms with E-state index in [-0.39, 0.29) is 5.91 Å². The average molecular weight is 472 g/mol. The van der Waals surface area contributed by atoms with E-state index in [9.17, 15) is 9.59 Å². The van der Waals surface area contributed by atoms with Crippen LogP contribution in [0.5, 0.6) is 0 Å². The van der Waals surface area contributed by atoms with Gasteiger partial charge < -0.3 is 4.74 Å². The van der Waals surface area contributed by atoms with Crippen LogP contribution in [0.25, 0.3) is 11.3 Å². The largest absolute Gasteiger partial charge is 0.462 e. The molecule has 1 aliphatic heterocycles. The summed E-state index contributed by atoms with van der Waals surface area (Å²) < 4.78 is 5.08. The highest BCUT2D eigenvalue weighted by Crippen LogP contribution is 2.46. The van der Waals surface area contributed by atoms with E-state index in [1.807, 2.05) is 55.5 Å². The van der Waals surface area contributed by atoms with Crippen LogP contribution >= 0.6 is 11.6 Å². The molecule has 1 aromatic heterocycles. The van der Waals surface area contributed by atoms with E-state index < -0.39 is 12.0 Å². The minimum atomic E-state index is -0.486. The maximum Gasteiger partial charge on any atom is 0.338 e. The molecule has 170 valence electrons. The lowest BCUT2D eigenvalue weighted by atomic mass is 9.95. The van der Waals surface area contributed by atoms with Gasteiger partial charge in [0.15, 0.2) is 0 Å². The fourth-order valence-electron chi connectivity index (χ4n) is 4.31. The molecule has 0 saturated heterocycles. The number of aryl methyl sites for hydroxylation is 1. The Balaban J connectivity index is 1.65. The van der Waals surface area contributed by atoms with Crippen molar-refractivity contribution in [3.05, 3.63) is 106 Å². The number of carbonyl (C=O) groups is 2. The van der Waals surface area contributed by atoms with Crippen LogP contribution in [0.2, 0.25) is 5.02 Å². The van der Waals surface area contributed by atoms with E-state index in [2.05, 4.69) is 10.2 Å². The molecule has 7 heteroatoms. The number of aromatic nitrogens is 2. The van der Waals surface area contributed by atoms with Gasteiger partial charge >= 0.3 is 5.97 Å². The quantitative estimate of drug-likeness (QED) is 0.364. The molecular formula is C27H22ClN3O3. The number of nitrogens with one attached hydrogen (secondary N) is 1. The fraction of sp³-hybridized carbons (Fsp3) is 0.148. The van der Waals surface area contributed by atoms with Gasteiger partial charge in [-0.2, -0.15) is 5.10 Å². The van der Waals surface area contributed by atoms with Crippen molar-refractivity contribution in [2.45, 2.75) is 19.9 Å². The number of benzene rings is 3. The second kappa shape index (κ2) is 8.80. The normalized spacial score (nSPS) is 14.9. The van der Waals surface area contributed by atoms with E-state index in [4.69, 9.17) is 16.3 Å². The monoisotopic (exact) mass is 471 g/mol. The Morgan fingerprint density at radius 1 is 1.06 bits per heavy atom. The molecule has 34 heavy (non-hydrogen) atoms. The van der Waals surface area contributed by atoms with Crippen molar-refractivity contribution in [2.75, 3.05) is 11.5 Å². The van der Waals surface area contributed by atoms with Gasteiger partial charge in [0, 0.05) is 21.8 Å². The summed E-state index contributed by atoms with van der Waals surface area (Å²) in [5.41, 5.74) is 5.81.